The lowest BCUT2D eigenvalue weighted by Gasteiger charge is -2.19. The zero-order valence-corrected chi connectivity index (χ0v) is 19.1. The van der Waals surface area contributed by atoms with Crippen LogP contribution in [0.2, 0.25) is 0 Å². The highest BCUT2D eigenvalue weighted by molar-refractivity contribution is 6.05. The minimum atomic E-state index is -0.212. The van der Waals surface area contributed by atoms with Crippen LogP contribution in [0.15, 0.2) is 22.6 Å². The summed E-state index contributed by atoms with van der Waals surface area (Å²) in [4.78, 5) is 40.5. The van der Waals surface area contributed by atoms with Crippen molar-refractivity contribution in [3.05, 3.63) is 24.1 Å². The van der Waals surface area contributed by atoms with Gasteiger partial charge in [0.2, 0.25) is 29.5 Å². The second kappa shape index (κ2) is 9.60. The Morgan fingerprint density at radius 1 is 1.09 bits per heavy atom. The van der Waals surface area contributed by atoms with E-state index in [1.165, 1.54) is 9.80 Å². The third-order valence-corrected chi connectivity index (χ3v) is 6.38. The predicted octanol–water partition coefficient (Wildman–Crippen LogP) is 2.28. The minimum Gasteiger partial charge on any atom is -0.493 e. The van der Waals surface area contributed by atoms with E-state index in [2.05, 4.69) is 10.2 Å². The van der Waals surface area contributed by atoms with Crippen molar-refractivity contribution in [2.24, 2.45) is 11.8 Å². The van der Waals surface area contributed by atoms with Crippen LogP contribution >= 0.6 is 0 Å². The van der Waals surface area contributed by atoms with Gasteiger partial charge in [0, 0.05) is 25.6 Å². The quantitative estimate of drug-likeness (QED) is 0.556. The Bertz CT molecular complexity index is 1030. The molecule has 1 saturated heterocycles. The van der Waals surface area contributed by atoms with Crippen molar-refractivity contribution < 1.29 is 28.3 Å². The monoisotopic (exact) mass is 456 g/mol. The highest BCUT2D eigenvalue weighted by atomic mass is 16.5. The van der Waals surface area contributed by atoms with Crippen LogP contribution in [0.3, 0.4) is 0 Å². The number of hydrogen-bond acceptors (Lipinski definition) is 8. The van der Waals surface area contributed by atoms with Gasteiger partial charge in [0.15, 0.2) is 11.5 Å². The van der Waals surface area contributed by atoms with Crippen LogP contribution in [0.1, 0.15) is 38.0 Å². The van der Waals surface area contributed by atoms with Crippen molar-refractivity contribution in [3.8, 4) is 23.0 Å². The molecule has 1 saturated carbocycles. The van der Waals surface area contributed by atoms with Crippen LogP contribution in [0, 0.1) is 11.8 Å². The third-order valence-electron chi connectivity index (χ3n) is 6.38. The Morgan fingerprint density at radius 3 is 2.39 bits per heavy atom. The molecule has 10 heteroatoms. The Morgan fingerprint density at radius 2 is 1.76 bits per heavy atom. The molecule has 1 aromatic heterocycles. The lowest BCUT2D eigenvalue weighted by Crippen LogP contribution is -2.36. The molecule has 4 rings (SSSR count). The van der Waals surface area contributed by atoms with E-state index in [1.54, 1.807) is 39.5 Å². The van der Waals surface area contributed by atoms with Crippen molar-refractivity contribution in [1.29, 1.82) is 0 Å². The van der Waals surface area contributed by atoms with E-state index in [-0.39, 0.29) is 55.0 Å². The summed E-state index contributed by atoms with van der Waals surface area (Å²) < 4.78 is 16.2. The first-order valence-electron chi connectivity index (χ1n) is 11.1. The fourth-order valence-electron chi connectivity index (χ4n) is 4.54. The summed E-state index contributed by atoms with van der Waals surface area (Å²) in [5, 5.41) is 8.07. The Labute approximate surface area is 191 Å². The van der Waals surface area contributed by atoms with Crippen LogP contribution in [-0.2, 0) is 20.9 Å². The first-order chi connectivity index (χ1) is 15.9. The van der Waals surface area contributed by atoms with Crippen molar-refractivity contribution in [1.82, 2.24) is 20.0 Å². The van der Waals surface area contributed by atoms with Gasteiger partial charge in [0.25, 0.3) is 0 Å². The van der Waals surface area contributed by atoms with Gasteiger partial charge in [-0.2, -0.15) is 0 Å². The average molecular weight is 456 g/mol. The number of nitrogens with zero attached hydrogens (tertiary/aromatic N) is 4. The molecule has 3 amide bonds. The molecule has 2 aromatic rings. The number of amides is 3. The minimum absolute atomic E-state index is 0.0596. The van der Waals surface area contributed by atoms with Gasteiger partial charge in [-0.1, -0.05) is 12.8 Å². The number of carbonyl (C=O) groups is 3. The van der Waals surface area contributed by atoms with Crippen LogP contribution in [-0.4, -0.2) is 65.5 Å². The molecule has 2 fully saturated rings. The van der Waals surface area contributed by atoms with Crippen LogP contribution in [0.25, 0.3) is 11.5 Å². The number of ether oxygens (including phenoxy) is 2. The maximum atomic E-state index is 12.6. The number of methoxy groups -OCH3 is 2. The van der Waals surface area contributed by atoms with Gasteiger partial charge in [0.05, 0.1) is 32.6 Å². The van der Waals surface area contributed by atoms with Crippen molar-refractivity contribution in [2.75, 3.05) is 27.8 Å². The second-order valence-corrected chi connectivity index (χ2v) is 8.40. The summed E-state index contributed by atoms with van der Waals surface area (Å²) >= 11 is 0. The van der Waals surface area contributed by atoms with E-state index in [4.69, 9.17) is 13.9 Å². The Kier molecular flexibility index (Phi) is 6.62. The van der Waals surface area contributed by atoms with E-state index in [9.17, 15) is 14.4 Å². The smallest absolute Gasteiger partial charge is 0.247 e. The van der Waals surface area contributed by atoms with E-state index in [0.29, 0.717) is 23.0 Å². The number of imide groups is 1. The zero-order chi connectivity index (χ0) is 23.5. The predicted molar refractivity (Wildman–Crippen MR) is 116 cm³/mol. The fourth-order valence-corrected chi connectivity index (χ4v) is 4.54. The zero-order valence-electron chi connectivity index (χ0n) is 19.1. The van der Waals surface area contributed by atoms with E-state index < -0.39 is 0 Å². The van der Waals surface area contributed by atoms with Crippen LogP contribution in [0.5, 0.6) is 11.5 Å². The largest absolute Gasteiger partial charge is 0.493 e. The SMILES string of the molecule is COc1ccc(-c2nnc(CN(C)C(=O)CCN3C(=O)[C@H]4CCCC[C@H]4C3=O)o2)cc1OC. The molecule has 1 aliphatic heterocycles. The molecular weight excluding hydrogens is 428 g/mol. The van der Waals surface area contributed by atoms with Crippen molar-refractivity contribution >= 4 is 17.7 Å². The number of hydrogen-bond donors (Lipinski definition) is 0. The molecule has 0 unspecified atom stereocenters. The van der Waals surface area contributed by atoms with E-state index in [0.717, 1.165) is 25.7 Å². The first-order valence-corrected chi connectivity index (χ1v) is 11.1. The molecule has 0 radical (unpaired) electrons. The van der Waals surface area contributed by atoms with Gasteiger partial charge in [-0.3, -0.25) is 19.3 Å². The summed E-state index contributed by atoms with van der Waals surface area (Å²) in [6.45, 7) is 0.223. The molecule has 0 bridgehead atoms. The van der Waals surface area contributed by atoms with Gasteiger partial charge in [-0.25, -0.2) is 0 Å². The van der Waals surface area contributed by atoms with Gasteiger partial charge in [-0.15, -0.1) is 10.2 Å². The molecule has 2 atom stereocenters. The Hall–Kier alpha value is -3.43. The number of carbonyl (C=O) groups excluding carboxylic acids is 3. The Balaban J connectivity index is 1.34. The number of benzene rings is 1. The fraction of sp³-hybridized carbons (Fsp3) is 0.522. The third kappa shape index (κ3) is 4.55. The number of likely N-dealkylation sites (tertiary alicyclic amines) is 1. The van der Waals surface area contributed by atoms with Gasteiger partial charge in [-0.05, 0) is 31.0 Å². The van der Waals surface area contributed by atoms with Crippen molar-refractivity contribution in [3.63, 3.8) is 0 Å². The molecule has 33 heavy (non-hydrogen) atoms. The maximum Gasteiger partial charge on any atom is 0.247 e. The van der Waals surface area contributed by atoms with E-state index in [1.807, 2.05) is 0 Å². The molecule has 2 heterocycles. The van der Waals surface area contributed by atoms with Crippen molar-refractivity contribution in [2.45, 2.75) is 38.6 Å². The number of fused-ring (bicyclic) bond motifs is 1. The molecule has 176 valence electrons. The highest BCUT2D eigenvalue weighted by Crippen LogP contribution is 2.38. The summed E-state index contributed by atoms with van der Waals surface area (Å²) in [5.74, 6) is 0.815. The average Bonchev–Trinajstić information content (AvgIpc) is 3.40. The number of aromatic nitrogens is 2. The standard InChI is InChI=1S/C23H28N4O6/c1-26(20(28)10-11-27-22(29)15-6-4-5-7-16(15)23(27)30)13-19-24-25-21(33-19)14-8-9-17(31-2)18(12-14)32-3/h8-9,12,15-16H,4-7,10-11,13H2,1-3H3/t15-,16+. The summed E-state index contributed by atoms with van der Waals surface area (Å²) in [6.07, 6.45) is 3.54. The summed E-state index contributed by atoms with van der Waals surface area (Å²) in [7, 11) is 4.71. The topological polar surface area (TPSA) is 115 Å². The molecular formula is C23H28N4O6. The lowest BCUT2D eigenvalue weighted by molar-refractivity contribution is -0.140. The van der Waals surface area contributed by atoms with Gasteiger partial charge >= 0.3 is 0 Å². The van der Waals surface area contributed by atoms with Gasteiger partial charge < -0.3 is 18.8 Å². The first kappa shape index (κ1) is 22.8. The molecule has 0 spiro atoms. The second-order valence-electron chi connectivity index (χ2n) is 8.40. The summed E-state index contributed by atoms with van der Waals surface area (Å²) in [6, 6.07) is 5.24. The maximum absolute atomic E-state index is 12.6. The molecule has 0 N–H and O–H groups in total. The highest BCUT2D eigenvalue weighted by Gasteiger charge is 2.47. The lowest BCUT2D eigenvalue weighted by atomic mass is 9.81. The number of rotatable bonds is 8. The molecule has 1 aliphatic carbocycles. The van der Waals surface area contributed by atoms with Crippen LogP contribution in [0.4, 0.5) is 0 Å². The van der Waals surface area contributed by atoms with Crippen LogP contribution < -0.4 is 9.47 Å². The normalized spacial score (nSPS) is 20.0. The molecule has 10 nitrogen and oxygen atoms in total. The molecule has 2 aliphatic rings. The summed E-state index contributed by atoms with van der Waals surface area (Å²) in [5.41, 5.74) is 0.660. The van der Waals surface area contributed by atoms with E-state index >= 15 is 0 Å². The van der Waals surface area contributed by atoms with Gasteiger partial charge in [0.1, 0.15) is 0 Å². The molecule has 1 aromatic carbocycles.